The van der Waals surface area contributed by atoms with E-state index in [1.54, 1.807) is 0 Å². The van der Waals surface area contributed by atoms with Gasteiger partial charge in [-0.15, -0.1) is 0 Å². The van der Waals surface area contributed by atoms with Crippen molar-refractivity contribution in [3.05, 3.63) is 0 Å². The highest BCUT2D eigenvalue weighted by Crippen LogP contribution is 2.43. The van der Waals surface area contributed by atoms with Crippen molar-refractivity contribution in [2.75, 3.05) is 85.9 Å². The van der Waals surface area contributed by atoms with E-state index in [1.807, 2.05) is 0 Å². The van der Waals surface area contributed by atoms with Gasteiger partial charge in [0.05, 0.1) is 91.9 Å². The Hall–Kier alpha value is -4.89. The van der Waals surface area contributed by atoms with E-state index in [-0.39, 0.29) is 0 Å². The lowest BCUT2D eigenvalue weighted by Crippen LogP contribution is -2.71. The van der Waals surface area contributed by atoms with Crippen LogP contribution >= 0.6 is 0 Å². The lowest BCUT2D eigenvalue weighted by molar-refractivity contribution is -0.400. The molecule has 11 fully saturated rings. The minimum absolute atomic E-state index is 0.854. The number of amides is 5. The lowest BCUT2D eigenvalue weighted by Gasteiger charge is -2.51. The van der Waals surface area contributed by atoms with Crippen molar-refractivity contribution in [2.24, 2.45) is 0 Å². The monoisotopic (exact) mass is 2170 g/mol. The van der Waals surface area contributed by atoms with Crippen LogP contribution in [0.15, 0.2) is 0 Å². The summed E-state index contributed by atoms with van der Waals surface area (Å²) in [7, 11) is 0. The molecule has 5 amide bonds. The number of carbonyl (C=O) groups excluding carboxylic acids is 5. The zero-order valence-corrected chi connectivity index (χ0v) is 79.5. The zero-order chi connectivity index (χ0) is 109. The summed E-state index contributed by atoms with van der Waals surface area (Å²) in [4.78, 5) is 64.8. The second-order valence-electron chi connectivity index (χ2n) is 37.1. The molecule has 11 rings (SSSR count). The minimum Gasteiger partial charge on any atom is -0.394 e. The number of ether oxygens (including phenoxy) is 22. The summed E-state index contributed by atoms with van der Waals surface area (Å²) in [6, 6.07) is -9.90. The third-order valence-electron chi connectivity index (χ3n) is 26.8. The molecule has 11 aliphatic heterocycles. The van der Waals surface area contributed by atoms with E-state index in [4.69, 9.17) is 104 Å². The van der Waals surface area contributed by atoms with E-state index >= 15 is 0 Å². The molecule has 11 aliphatic rings. The molecule has 0 saturated carbocycles. The Morgan fingerprint density at radius 1 is 0.230 bits per heavy atom. The smallest absolute Gasteiger partial charge is 0.217 e. The number of aliphatic hydroxyl groups is 34. The van der Waals surface area contributed by atoms with Crippen LogP contribution in [0.2, 0.25) is 0 Å². The molecule has 0 aliphatic carbocycles. The number of carbonyl (C=O) groups is 5. The van der Waals surface area contributed by atoms with Crippen LogP contribution in [0.4, 0.5) is 0 Å². The average Bonchev–Trinajstić information content (AvgIpc) is 0.747. The number of aliphatic hydroxyl groups excluding tert-OH is 34. The van der Waals surface area contributed by atoms with Crippen LogP contribution in [0.25, 0.3) is 0 Å². The van der Waals surface area contributed by atoms with Crippen molar-refractivity contribution in [2.45, 2.75) is 396 Å². The molecule has 0 aromatic carbocycles. The number of hydrogen-bond acceptors (Lipinski definition) is 61. The van der Waals surface area contributed by atoms with E-state index < -0.39 is 477 Å². The van der Waals surface area contributed by atoms with Gasteiger partial charge in [-0.25, -0.2) is 0 Å². The van der Waals surface area contributed by atoms with Gasteiger partial charge in [-0.1, -0.05) is 0 Å². The summed E-state index contributed by atoms with van der Waals surface area (Å²) in [6.07, 6.45) is -118. The molecule has 11 saturated heterocycles. The molecule has 0 aromatic heterocycles. The van der Waals surface area contributed by atoms with Crippen LogP contribution in [0.5, 0.6) is 0 Å². The quantitative estimate of drug-likeness (QED) is 0.0270. The van der Waals surface area contributed by atoms with Gasteiger partial charge in [-0.3, -0.25) is 24.0 Å². The molecular weight excluding hydrogens is 2030 g/mol. The number of rotatable bonds is 43. The van der Waals surface area contributed by atoms with Crippen molar-refractivity contribution in [1.29, 1.82) is 0 Å². The maximum absolute atomic E-state index is 13.4. The summed E-state index contributed by atoms with van der Waals surface area (Å²) in [6.45, 7) is -10.8. The van der Waals surface area contributed by atoms with Crippen LogP contribution in [-0.2, 0) is 128 Å². The molecule has 0 aromatic rings. The molecule has 858 valence electrons. The summed E-state index contributed by atoms with van der Waals surface area (Å²) in [5.74, 6) is -4.94. The van der Waals surface area contributed by atoms with E-state index in [9.17, 15) is 198 Å². The first-order valence-corrected chi connectivity index (χ1v) is 47.1. The van der Waals surface area contributed by atoms with Gasteiger partial charge < -0.3 is 304 Å². The predicted molar refractivity (Wildman–Crippen MR) is 455 cm³/mol. The Morgan fingerprint density at radius 3 is 0.770 bits per heavy atom. The highest BCUT2D eigenvalue weighted by atomic mass is 16.8. The Morgan fingerprint density at radius 2 is 0.466 bits per heavy atom. The lowest BCUT2D eigenvalue weighted by atomic mass is 9.93. The van der Waals surface area contributed by atoms with Gasteiger partial charge in [-0.2, -0.15) is 0 Å². The largest absolute Gasteiger partial charge is 0.394 e. The second-order valence-corrected chi connectivity index (χ2v) is 37.1. The first-order valence-electron chi connectivity index (χ1n) is 47.1. The molecule has 66 heteroatoms. The summed E-state index contributed by atoms with van der Waals surface area (Å²) in [5, 5.41) is 393. The van der Waals surface area contributed by atoms with E-state index in [2.05, 4.69) is 26.6 Å². The van der Waals surface area contributed by atoms with Crippen LogP contribution < -0.4 is 26.6 Å². The van der Waals surface area contributed by atoms with Crippen molar-refractivity contribution in [3.8, 4) is 0 Å². The van der Waals surface area contributed by atoms with E-state index in [0.29, 0.717) is 0 Å². The van der Waals surface area contributed by atoms with Gasteiger partial charge in [0.25, 0.3) is 0 Å². The second kappa shape index (κ2) is 54.9. The average molecular weight is 2170 g/mol. The standard InChI is InChI=1S/C82H139N5O61/c1-19(100)83-24(6-88)41(106)62(25(105)7-89)139-72-37(84-20(2)101)49(114)66(33(15-97)134-72)143-80-61(126)69(48(113)36(138-80)18-127-81-70(55(120)44(109)28(10-92)132-81)147-74-39(86-22(4)103)51(116)64(34(16-98)136-74)142-79-60(125)68(47(112)31(13-95)131-79)145-77-58(123)54(119)43(108)27(9-91)129-77)146-82-71(56(121)45(110)29(11-93)133-82)148-75-40(87-23(5)104)52(117)65(35(17-99)137-75)141-78-59(124)67(46(111)30(12-94)130-78)144-73-38(85-21(3)102)50(115)63(32(14-96)135-73)140-76-57(122)53(118)42(107)26(8-90)128-76/h24-82,88-99,105-126H,6-18H2,1-5H3,(H,83,100)(H,84,101)(H,85,102)(H,86,103)(H,87,104)/t24-,25+,26+,27+,28+,29+,30+,31+,32+,33+,34+,35+,36+,37+,38+,39+,40+,41+,42-,43-,44+,45+,46-,47-,48+,49+,50+,51+,52+,53-,54-,55-,56-,57+,58+,59+,60+,61-,62+,63+,64+,65+,66+,67-,68-,69-,70-,71-,72-,73-,74-,75-,76-,77-,78-,79-,80-,81-,82+/m0/s1. The van der Waals surface area contributed by atoms with Gasteiger partial charge in [-0.05, 0) is 0 Å². The van der Waals surface area contributed by atoms with Crippen LogP contribution in [0.3, 0.4) is 0 Å². The fourth-order valence-electron chi connectivity index (χ4n) is 18.9. The van der Waals surface area contributed by atoms with Gasteiger partial charge in [0.15, 0.2) is 69.2 Å². The molecule has 39 N–H and O–H groups in total. The normalized spacial score (nSPS) is 47.1. The maximum Gasteiger partial charge on any atom is 0.217 e. The number of hydrogen-bond donors (Lipinski definition) is 39. The molecule has 11 heterocycles. The Labute approximate surface area is 837 Å². The van der Waals surface area contributed by atoms with Crippen LogP contribution in [0, 0.1) is 0 Å². The minimum atomic E-state index is -2.72. The van der Waals surface area contributed by atoms with Crippen molar-refractivity contribution >= 4 is 29.5 Å². The Balaban J connectivity index is 0.895. The maximum atomic E-state index is 13.4. The van der Waals surface area contributed by atoms with E-state index in [1.165, 1.54) is 0 Å². The molecular formula is C82H139N5O61. The molecule has 0 spiro atoms. The Kier molecular flexibility index (Phi) is 45.7. The summed E-state index contributed by atoms with van der Waals surface area (Å²) in [5.41, 5.74) is 0. The van der Waals surface area contributed by atoms with Crippen molar-refractivity contribution in [1.82, 2.24) is 26.6 Å². The molecule has 0 radical (unpaired) electrons. The fourth-order valence-corrected chi connectivity index (χ4v) is 18.9. The first-order chi connectivity index (χ1) is 70.1. The zero-order valence-electron chi connectivity index (χ0n) is 79.5. The van der Waals surface area contributed by atoms with Gasteiger partial charge in [0.1, 0.15) is 287 Å². The van der Waals surface area contributed by atoms with Crippen LogP contribution in [0.1, 0.15) is 34.6 Å². The number of nitrogens with one attached hydrogen (secondary N) is 5. The topological polar surface area (TPSA) is 1040 Å². The Bertz CT molecular complexity index is 4070. The first kappa shape index (κ1) is 123. The van der Waals surface area contributed by atoms with E-state index in [0.717, 1.165) is 34.6 Å². The van der Waals surface area contributed by atoms with Gasteiger partial charge >= 0.3 is 0 Å². The highest BCUT2D eigenvalue weighted by molar-refractivity contribution is 5.75. The molecule has 148 heavy (non-hydrogen) atoms. The highest BCUT2D eigenvalue weighted by Gasteiger charge is 2.64. The fraction of sp³-hybridized carbons (Fsp3) is 0.939. The molecule has 66 nitrogen and oxygen atoms in total. The predicted octanol–water partition coefficient (Wildman–Crippen LogP) is -26.8. The van der Waals surface area contributed by atoms with Gasteiger partial charge in [0.2, 0.25) is 29.5 Å². The summed E-state index contributed by atoms with van der Waals surface area (Å²) >= 11 is 0. The molecule has 0 unspecified atom stereocenters. The molecule has 0 bridgehead atoms. The van der Waals surface area contributed by atoms with Crippen molar-refractivity contribution < 1.29 is 302 Å². The van der Waals surface area contributed by atoms with Crippen molar-refractivity contribution in [3.63, 3.8) is 0 Å². The SMILES string of the molecule is CC(=O)N[C@H]1[C@H](O[C@@H]([C@H](O)[C@H](CO)NC(C)=O)[C@H](O)CO)O[C@H](CO)[C@@H](O[C@@H]2O[C@H](CO[C@H]3O[C@H](CO)[C@@H](O)[C@H](O)[C@@H]3O[C@@H]3O[C@H](CO)[C@@H](O[C@@H]4O[C@H](CO)[C@H](O)[C@H](O[C@@H]5O[C@H](CO)[C@H](O)[C@H](O)[C@H]5O)[C@H]4O)[C@H](O)[C@H]3NC(C)=O)[C@@H](O)[C@H](O[C@H]3O[C@H](CO)[C@@H](O)[C@H](O)[C@@H]3O[C@@H]3O[C@H](CO)[C@@H](O[C@@H]4O[C@H](CO)[C@H](O)[C@H](O[C@@H]5O[C@H](CO)[C@@H](O[C@@H]6O[C@H](CO)[C@H](O)[C@H](O)[C@H]6O)[C@H](O)[C@H]5NC(C)=O)[C@H]4O)[C@H](O)[C@H]3NC(C)=O)[C@@H]2O)[C@@H]1O. The van der Waals surface area contributed by atoms with Crippen LogP contribution in [-0.4, -0.2) is 651 Å². The third-order valence-corrected chi connectivity index (χ3v) is 26.8. The summed E-state index contributed by atoms with van der Waals surface area (Å²) < 4.78 is 131. The third kappa shape index (κ3) is 27.7. The molecule has 59 atom stereocenters. The van der Waals surface area contributed by atoms with Gasteiger partial charge in [0, 0.05) is 34.6 Å².